The normalized spacial score (nSPS) is 10.5. The number of benzene rings is 1. The molecule has 4 nitrogen and oxygen atoms in total. The van der Waals surface area contributed by atoms with Crippen LogP contribution in [0.4, 0.5) is 10.2 Å². The lowest BCUT2D eigenvalue weighted by molar-refractivity contribution is 0.467. The van der Waals surface area contributed by atoms with Crippen LogP contribution in [0.15, 0.2) is 18.3 Å². The predicted octanol–water partition coefficient (Wildman–Crippen LogP) is 2.19. The van der Waals surface area contributed by atoms with Gasteiger partial charge in [0.2, 0.25) is 0 Å². The number of rotatable bonds is 1. The molecular formula is C12H12FN3O. The van der Waals surface area contributed by atoms with Gasteiger partial charge in [-0.25, -0.2) is 14.4 Å². The average Bonchev–Trinajstić information content (AvgIpc) is 2.29. The van der Waals surface area contributed by atoms with Gasteiger partial charge in [0.15, 0.2) is 17.5 Å². The van der Waals surface area contributed by atoms with E-state index in [1.54, 1.807) is 26.0 Å². The number of aromatic nitrogens is 2. The largest absolute Gasteiger partial charge is 0.507 e. The maximum Gasteiger partial charge on any atom is 0.183 e. The zero-order valence-electron chi connectivity index (χ0n) is 9.53. The fraction of sp³-hybridized carbons (Fsp3) is 0.167. The third kappa shape index (κ3) is 2.04. The second-order valence-electron chi connectivity index (χ2n) is 3.89. The molecule has 0 saturated carbocycles. The zero-order chi connectivity index (χ0) is 12.6. The van der Waals surface area contributed by atoms with Crippen LogP contribution >= 0.6 is 0 Å². The van der Waals surface area contributed by atoms with Crippen LogP contribution in [0.1, 0.15) is 11.1 Å². The fourth-order valence-corrected chi connectivity index (χ4v) is 1.60. The molecule has 1 heterocycles. The van der Waals surface area contributed by atoms with E-state index in [4.69, 9.17) is 5.73 Å². The van der Waals surface area contributed by atoms with Gasteiger partial charge in [-0.15, -0.1) is 0 Å². The van der Waals surface area contributed by atoms with Crippen molar-refractivity contribution in [1.82, 2.24) is 9.97 Å². The number of nitrogen functional groups attached to an aromatic ring is 1. The maximum atomic E-state index is 12.9. The van der Waals surface area contributed by atoms with E-state index in [1.807, 2.05) is 0 Å². The summed E-state index contributed by atoms with van der Waals surface area (Å²) in [5, 5.41) is 9.65. The number of phenolic OH excluding ortho intramolecular Hbond substituents is 1. The van der Waals surface area contributed by atoms with Crippen LogP contribution in [0.2, 0.25) is 0 Å². The first-order valence-electron chi connectivity index (χ1n) is 5.07. The van der Waals surface area contributed by atoms with Crippen LogP contribution in [0, 0.1) is 19.7 Å². The summed E-state index contributed by atoms with van der Waals surface area (Å²) < 4.78 is 12.9. The van der Waals surface area contributed by atoms with Crippen molar-refractivity contribution in [2.24, 2.45) is 0 Å². The predicted molar refractivity (Wildman–Crippen MR) is 63.0 cm³/mol. The first-order chi connectivity index (χ1) is 7.99. The zero-order valence-corrected chi connectivity index (χ0v) is 9.53. The lowest BCUT2D eigenvalue weighted by atomic mass is 10.1. The number of nitrogens with zero attached hydrogens (tertiary/aromatic N) is 2. The number of phenols is 1. The SMILES string of the molecule is Cc1cc(-c2ncc(F)c(N)n2)cc(C)c1O. The smallest absolute Gasteiger partial charge is 0.183 e. The second kappa shape index (κ2) is 4.01. The third-order valence-corrected chi connectivity index (χ3v) is 2.52. The van der Waals surface area contributed by atoms with Gasteiger partial charge in [-0.3, -0.25) is 0 Å². The van der Waals surface area contributed by atoms with E-state index in [2.05, 4.69) is 9.97 Å². The fourth-order valence-electron chi connectivity index (χ4n) is 1.60. The van der Waals surface area contributed by atoms with E-state index in [9.17, 15) is 9.50 Å². The molecule has 3 N–H and O–H groups in total. The summed E-state index contributed by atoms with van der Waals surface area (Å²) >= 11 is 0. The molecule has 0 amide bonds. The highest BCUT2D eigenvalue weighted by Gasteiger charge is 2.09. The highest BCUT2D eigenvalue weighted by atomic mass is 19.1. The van der Waals surface area contributed by atoms with Crippen molar-refractivity contribution < 1.29 is 9.50 Å². The van der Waals surface area contributed by atoms with E-state index in [1.165, 1.54) is 0 Å². The van der Waals surface area contributed by atoms with Crippen LogP contribution in [0.5, 0.6) is 5.75 Å². The van der Waals surface area contributed by atoms with E-state index in [-0.39, 0.29) is 11.6 Å². The quantitative estimate of drug-likeness (QED) is 0.791. The van der Waals surface area contributed by atoms with E-state index >= 15 is 0 Å². The van der Waals surface area contributed by atoms with E-state index in [0.29, 0.717) is 22.5 Å². The summed E-state index contributed by atoms with van der Waals surface area (Å²) in [5.41, 5.74) is 7.52. The molecule has 0 fully saturated rings. The van der Waals surface area contributed by atoms with Crippen LogP contribution in [0.3, 0.4) is 0 Å². The summed E-state index contributed by atoms with van der Waals surface area (Å²) in [4.78, 5) is 7.74. The Hall–Kier alpha value is -2.17. The molecule has 0 radical (unpaired) electrons. The molecular weight excluding hydrogens is 221 g/mol. The molecule has 2 rings (SSSR count). The van der Waals surface area contributed by atoms with Gasteiger partial charge in [0, 0.05) is 5.56 Å². The molecule has 0 saturated heterocycles. The summed E-state index contributed by atoms with van der Waals surface area (Å²) in [5.74, 6) is -0.238. The lowest BCUT2D eigenvalue weighted by Gasteiger charge is -2.07. The van der Waals surface area contributed by atoms with Gasteiger partial charge in [-0.1, -0.05) is 0 Å². The number of anilines is 1. The Kier molecular flexibility index (Phi) is 2.67. The van der Waals surface area contributed by atoms with Gasteiger partial charge in [0.1, 0.15) is 5.75 Å². The number of aromatic hydroxyl groups is 1. The summed E-state index contributed by atoms with van der Waals surface area (Å²) in [7, 11) is 0. The van der Waals surface area contributed by atoms with Gasteiger partial charge < -0.3 is 10.8 Å². The van der Waals surface area contributed by atoms with Crippen molar-refractivity contribution in [2.45, 2.75) is 13.8 Å². The first-order valence-corrected chi connectivity index (χ1v) is 5.07. The Morgan fingerprint density at radius 3 is 2.35 bits per heavy atom. The van der Waals surface area contributed by atoms with Crippen molar-refractivity contribution in [1.29, 1.82) is 0 Å². The third-order valence-electron chi connectivity index (χ3n) is 2.52. The lowest BCUT2D eigenvalue weighted by Crippen LogP contribution is -1.99. The van der Waals surface area contributed by atoms with Crippen LogP contribution in [-0.2, 0) is 0 Å². The Bertz CT molecular complexity index is 561. The molecule has 1 aromatic carbocycles. The average molecular weight is 233 g/mol. The number of nitrogens with two attached hydrogens (primary N) is 1. The monoisotopic (exact) mass is 233 g/mol. The first kappa shape index (κ1) is 11.3. The van der Waals surface area contributed by atoms with Crippen LogP contribution in [-0.4, -0.2) is 15.1 Å². The molecule has 5 heteroatoms. The molecule has 0 aliphatic carbocycles. The molecule has 0 aliphatic heterocycles. The topological polar surface area (TPSA) is 72.0 Å². The standard InChI is InChI=1S/C12H12FN3O/c1-6-3-8(4-7(2)10(6)17)12-15-5-9(13)11(14)16-12/h3-5,17H,1-2H3,(H2,14,15,16). The number of aryl methyl sites for hydroxylation is 2. The van der Waals surface area contributed by atoms with Crippen molar-refractivity contribution in [2.75, 3.05) is 5.73 Å². The summed E-state index contributed by atoms with van der Waals surface area (Å²) in [6.45, 7) is 3.55. The maximum absolute atomic E-state index is 12.9. The van der Waals surface area contributed by atoms with Gasteiger partial charge in [0.25, 0.3) is 0 Å². The summed E-state index contributed by atoms with van der Waals surface area (Å²) in [6, 6.07) is 3.46. The van der Waals surface area contributed by atoms with Gasteiger partial charge >= 0.3 is 0 Å². The van der Waals surface area contributed by atoms with Crippen molar-refractivity contribution in [3.05, 3.63) is 35.3 Å². The molecule has 0 bridgehead atoms. The number of hydrogen-bond acceptors (Lipinski definition) is 4. The van der Waals surface area contributed by atoms with Gasteiger partial charge in [0.05, 0.1) is 6.20 Å². The minimum atomic E-state index is -0.638. The van der Waals surface area contributed by atoms with Crippen molar-refractivity contribution >= 4 is 5.82 Å². The van der Waals surface area contributed by atoms with Gasteiger partial charge in [-0.05, 0) is 37.1 Å². The van der Waals surface area contributed by atoms with E-state index in [0.717, 1.165) is 6.20 Å². The Labute approximate surface area is 98.0 Å². The Morgan fingerprint density at radius 2 is 1.82 bits per heavy atom. The second-order valence-corrected chi connectivity index (χ2v) is 3.89. The minimum absolute atomic E-state index is 0.182. The number of halogens is 1. The molecule has 17 heavy (non-hydrogen) atoms. The van der Waals surface area contributed by atoms with E-state index < -0.39 is 5.82 Å². The van der Waals surface area contributed by atoms with Crippen LogP contribution < -0.4 is 5.73 Å². The molecule has 0 atom stereocenters. The highest BCUT2D eigenvalue weighted by Crippen LogP contribution is 2.27. The Balaban J connectivity index is 2.57. The highest BCUT2D eigenvalue weighted by molar-refractivity contribution is 5.61. The van der Waals surface area contributed by atoms with Crippen molar-refractivity contribution in [3.8, 4) is 17.1 Å². The minimum Gasteiger partial charge on any atom is -0.507 e. The Morgan fingerprint density at radius 1 is 1.24 bits per heavy atom. The number of hydrogen-bond donors (Lipinski definition) is 2. The van der Waals surface area contributed by atoms with Crippen LogP contribution in [0.25, 0.3) is 11.4 Å². The molecule has 0 spiro atoms. The molecule has 1 aromatic heterocycles. The van der Waals surface area contributed by atoms with Crippen molar-refractivity contribution in [3.63, 3.8) is 0 Å². The molecule has 2 aromatic rings. The molecule has 0 unspecified atom stereocenters. The summed E-state index contributed by atoms with van der Waals surface area (Å²) in [6.07, 6.45) is 1.04. The molecule has 88 valence electrons. The molecule has 0 aliphatic rings. The van der Waals surface area contributed by atoms with Gasteiger partial charge in [-0.2, -0.15) is 0 Å².